The maximum absolute atomic E-state index is 10.6. The number of carbonyl (C=O) groups is 1. The van der Waals surface area contributed by atoms with Crippen molar-refractivity contribution in [1.29, 1.82) is 0 Å². The fourth-order valence-corrected chi connectivity index (χ4v) is 1.84. The summed E-state index contributed by atoms with van der Waals surface area (Å²) in [7, 11) is 0. The molecule has 12 heavy (non-hydrogen) atoms. The van der Waals surface area contributed by atoms with Crippen molar-refractivity contribution in [3.8, 4) is 0 Å². The predicted molar refractivity (Wildman–Crippen MR) is 44.6 cm³/mol. The van der Waals surface area contributed by atoms with E-state index in [1.54, 1.807) is 17.6 Å². The van der Waals surface area contributed by atoms with Crippen molar-refractivity contribution in [3.05, 3.63) is 29.3 Å². The van der Waals surface area contributed by atoms with Crippen LogP contribution >= 0.6 is 11.3 Å². The fraction of sp³-hybridized carbons (Fsp3) is 0. The highest BCUT2D eigenvalue weighted by atomic mass is 32.1. The number of carbonyl (C=O) groups excluding carboxylic acids is 1. The molecule has 0 spiro atoms. The third-order valence-electron chi connectivity index (χ3n) is 1.58. The van der Waals surface area contributed by atoms with Gasteiger partial charge in [-0.1, -0.05) is 6.07 Å². The number of fused-ring (bicyclic) bond motifs is 1. The molecule has 0 N–H and O–H groups in total. The molecule has 4 heteroatoms. The first-order valence-electron chi connectivity index (χ1n) is 3.32. The quantitative estimate of drug-likeness (QED) is 0.669. The Morgan fingerprint density at radius 3 is 3.00 bits per heavy atom. The molecule has 0 unspecified atom stereocenters. The van der Waals surface area contributed by atoms with Crippen LogP contribution in [0.25, 0.3) is 10.2 Å². The van der Waals surface area contributed by atoms with Gasteiger partial charge < -0.3 is 0 Å². The standard InChI is InChI=1S/C8H4NO2S/c10-8(11)5-2-1-3-6-7(5)12-4-9-6/h1-4H. The van der Waals surface area contributed by atoms with Gasteiger partial charge in [0.2, 0.25) is 0 Å². The number of hydrogen-bond acceptors (Lipinski definition) is 3. The number of nitrogens with zero attached hydrogens (tertiary/aromatic N) is 1. The summed E-state index contributed by atoms with van der Waals surface area (Å²) in [6.07, 6.45) is 0. The van der Waals surface area contributed by atoms with Gasteiger partial charge in [-0.3, -0.25) is 0 Å². The Morgan fingerprint density at radius 2 is 2.25 bits per heavy atom. The first-order chi connectivity index (χ1) is 5.79. The van der Waals surface area contributed by atoms with Crippen molar-refractivity contribution in [2.24, 2.45) is 0 Å². The van der Waals surface area contributed by atoms with Crippen LogP contribution in [-0.4, -0.2) is 11.0 Å². The smallest absolute Gasteiger partial charge is 0.245 e. The maximum atomic E-state index is 10.6. The van der Waals surface area contributed by atoms with Gasteiger partial charge in [0.1, 0.15) is 0 Å². The molecule has 3 nitrogen and oxygen atoms in total. The summed E-state index contributed by atoms with van der Waals surface area (Å²) in [5.41, 5.74) is 2.55. The van der Waals surface area contributed by atoms with Crippen LogP contribution in [0.3, 0.4) is 0 Å². The van der Waals surface area contributed by atoms with E-state index in [1.165, 1.54) is 17.4 Å². The lowest BCUT2D eigenvalue weighted by atomic mass is 10.2. The third-order valence-corrected chi connectivity index (χ3v) is 2.45. The average molecular weight is 178 g/mol. The zero-order chi connectivity index (χ0) is 8.55. The molecular weight excluding hydrogens is 174 g/mol. The van der Waals surface area contributed by atoms with Crippen molar-refractivity contribution in [3.63, 3.8) is 0 Å². The lowest BCUT2D eigenvalue weighted by Gasteiger charge is -1.91. The zero-order valence-corrected chi connectivity index (χ0v) is 6.80. The van der Waals surface area contributed by atoms with Crippen LogP contribution in [0.2, 0.25) is 0 Å². The minimum atomic E-state index is -1.15. The van der Waals surface area contributed by atoms with E-state index in [1.807, 2.05) is 0 Å². The molecule has 2 aromatic rings. The van der Waals surface area contributed by atoms with E-state index in [9.17, 15) is 9.90 Å². The molecule has 0 fully saturated rings. The molecule has 0 saturated carbocycles. The number of thiazole rings is 1. The summed E-state index contributed by atoms with van der Waals surface area (Å²) in [6, 6.07) is 4.96. The van der Waals surface area contributed by atoms with Crippen LogP contribution in [0.1, 0.15) is 10.4 Å². The Hall–Kier alpha value is -1.42. The summed E-state index contributed by atoms with van der Waals surface area (Å²) in [5.74, 6) is -1.15. The Labute approximate surface area is 72.3 Å². The molecule has 1 heterocycles. The van der Waals surface area contributed by atoms with E-state index in [-0.39, 0.29) is 5.56 Å². The molecule has 59 valence electrons. The predicted octanol–water partition coefficient (Wildman–Crippen LogP) is 1.87. The van der Waals surface area contributed by atoms with Crippen LogP contribution in [0.5, 0.6) is 0 Å². The molecule has 0 saturated heterocycles. The topological polar surface area (TPSA) is 49.9 Å². The summed E-state index contributed by atoms with van der Waals surface area (Å²) in [6.45, 7) is 0. The van der Waals surface area contributed by atoms with Crippen LogP contribution in [-0.2, 0) is 5.11 Å². The van der Waals surface area contributed by atoms with Crippen molar-refractivity contribution in [1.82, 2.24) is 4.98 Å². The second-order valence-electron chi connectivity index (χ2n) is 2.29. The first kappa shape index (κ1) is 7.24. The molecule has 2 rings (SSSR count). The molecule has 1 radical (unpaired) electrons. The molecule has 1 aromatic heterocycles. The molecule has 0 aliphatic rings. The van der Waals surface area contributed by atoms with E-state index < -0.39 is 5.97 Å². The highest BCUT2D eigenvalue weighted by Crippen LogP contribution is 2.21. The molecular formula is C8H4NO2S. The highest BCUT2D eigenvalue weighted by molar-refractivity contribution is 7.17. The second-order valence-corrected chi connectivity index (χ2v) is 3.15. The normalized spacial score (nSPS) is 10.3. The van der Waals surface area contributed by atoms with Gasteiger partial charge in [0.25, 0.3) is 0 Å². The van der Waals surface area contributed by atoms with Gasteiger partial charge in [-0.25, -0.2) is 14.9 Å². The van der Waals surface area contributed by atoms with Crippen molar-refractivity contribution in [2.45, 2.75) is 0 Å². The van der Waals surface area contributed by atoms with E-state index >= 15 is 0 Å². The van der Waals surface area contributed by atoms with E-state index in [2.05, 4.69) is 4.98 Å². The number of aromatic nitrogens is 1. The fourth-order valence-electron chi connectivity index (χ4n) is 1.05. The van der Waals surface area contributed by atoms with Gasteiger partial charge >= 0.3 is 5.97 Å². The summed E-state index contributed by atoms with van der Waals surface area (Å²) in [4.78, 5) is 14.6. The van der Waals surface area contributed by atoms with Crippen LogP contribution in [0.4, 0.5) is 0 Å². The lowest BCUT2D eigenvalue weighted by molar-refractivity contribution is 0.0576. The van der Waals surface area contributed by atoms with Crippen LogP contribution in [0, 0.1) is 0 Å². The number of hydrogen-bond donors (Lipinski definition) is 0. The van der Waals surface area contributed by atoms with Gasteiger partial charge in [-0.2, -0.15) is 0 Å². The third kappa shape index (κ3) is 0.967. The molecule has 0 bridgehead atoms. The Kier molecular flexibility index (Phi) is 1.55. The minimum Gasteiger partial charge on any atom is -0.245 e. The Bertz CT molecular complexity index is 435. The Morgan fingerprint density at radius 1 is 1.42 bits per heavy atom. The SMILES string of the molecule is [O]C(=O)c1cccc2ncsc12. The van der Waals surface area contributed by atoms with Gasteiger partial charge in [0, 0.05) is 0 Å². The molecule has 0 atom stereocenters. The van der Waals surface area contributed by atoms with Crippen molar-refractivity contribution in [2.75, 3.05) is 0 Å². The van der Waals surface area contributed by atoms with E-state index in [0.717, 1.165) is 0 Å². The maximum Gasteiger partial charge on any atom is 0.387 e. The average Bonchev–Trinajstić information content (AvgIpc) is 2.49. The van der Waals surface area contributed by atoms with Crippen LogP contribution in [0.15, 0.2) is 23.7 Å². The monoisotopic (exact) mass is 178 g/mol. The summed E-state index contributed by atoms with van der Waals surface area (Å²) < 4.78 is 0.678. The molecule has 0 amide bonds. The largest absolute Gasteiger partial charge is 0.387 e. The van der Waals surface area contributed by atoms with Gasteiger partial charge in [0.15, 0.2) is 0 Å². The van der Waals surface area contributed by atoms with Gasteiger partial charge in [-0.05, 0) is 12.1 Å². The highest BCUT2D eigenvalue weighted by Gasteiger charge is 2.10. The number of rotatable bonds is 1. The van der Waals surface area contributed by atoms with Crippen LogP contribution < -0.4 is 0 Å². The molecule has 0 aliphatic carbocycles. The molecule has 1 aromatic carbocycles. The van der Waals surface area contributed by atoms with Gasteiger partial charge in [-0.15, -0.1) is 11.3 Å². The van der Waals surface area contributed by atoms with Gasteiger partial charge in [0.05, 0.1) is 21.3 Å². The minimum absolute atomic E-state index is 0.218. The molecule has 0 aliphatic heterocycles. The van der Waals surface area contributed by atoms with E-state index in [0.29, 0.717) is 10.2 Å². The van der Waals surface area contributed by atoms with Crippen molar-refractivity contribution < 1.29 is 9.90 Å². The van der Waals surface area contributed by atoms with Crippen molar-refractivity contribution >= 4 is 27.5 Å². The number of benzene rings is 1. The zero-order valence-electron chi connectivity index (χ0n) is 5.98. The first-order valence-corrected chi connectivity index (χ1v) is 4.20. The summed E-state index contributed by atoms with van der Waals surface area (Å²) in [5, 5.41) is 10.6. The van der Waals surface area contributed by atoms with E-state index in [4.69, 9.17) is 0 Å². The summed E-state index contributed by atoms with van der Waals surface area (Å²) >= 11 is 1.31. The second kappa shape index (κ2) is 2.57. The Balaban J connectivity index is 2.82. The lowest BCUT2D eigenvalue weighted by Crippen LogP contribution is -1.93.